The fourth-order valence-corrected chi connectivity index (χ4v) is 12.2. The topological polar surface area (TPSA) is 477 Å². The zero-order valence-electron chi connectivity index (χ0n) is 49.5. The van der Waals surface area contributed by atoms with Gasteiger partial charge in [0.2, 0.25) is 17.7 Å². The first-order chi connectivity index (χ1) is 42.9. The average molecular weight is 1300 g/mol. The summed E-state index contributed by atoms with van der Waals surface area (Å²) in [7, 11) is 0. The molecule has 4 heterocycles. The van der Waals surface area contributed by atoms with Crippen LogP contribution in [-0.4, -0.2) is 231 Å². The Labute approximate surface area is 523 Å². The summed E-state index contributed by atoms with van der Waals surface area (Å²) in [5.41, 5.74) is 12.5. The predicted octanol–water partition coefficient (Wildman–Crippen LogP) is -1.28. The highest BCUT2D eigenvalue weighted by molar-refractivity contribution is 8.00. The highest BCUT2D eigenvalue weighted by atomic mass is 32.2. The zero-order chi connectivity index (χ0) is 64.8. The summed E-state index contributed by atoms with van der Waals surface area (Å²) < 4.78 is 21.5. The van der Waals surface area contributed by atoms with Crippen molar-refractivity contribution in [1.29, 1.82) is 0 Å². The van der Waals surface area contributed by atoms with Gasteiger partial charge in [-0.3, -0.25) is 38.4 Å². The number of unbranched alkanes of at least 4 members (excludes halogenated alkanes) is 2. The van der Waals surface area contributed by atoms with Gasteiger partial charge in [-0.15, -0.1) is 0 Å². The largest absolute Gasteiger partial charge is 0.507 e. The van der Waals surface area contributed by atoms with Crippen LogP contribution in [0.25, 0.3) is 0 Å². The Balaban J connectivity index is 0.000000322. The molecule has 4 aliphatic heterocycles. The number of rotatable bonds is 41. The summed E-state index contributed by atoms with van der Waals surface area (Å²) in [5.74, 6) is 3.56. The van der Waals surface area contributed by atoms with Crippen LogP contribution in [0.1, 0.15) is 78.4 Å². The number of oxime groups is 1. The number of aromatic hydroxyl groups is 2. The molecule has 2 unspecified atom stereocenters. The summed E-state index contributed by atoms with van der Waals surface area (Å²) >= 11 is 3.77. The van der Waals surface area contributed by atoms with E-state index in [0.29, 0.717) is 112 Å². The molecule has 4 saturated heterocycles. The van der Waals surface area contributed by atoms with Crippen LogP contribution in [0.15, 0.2) is 41.6 Å². The molecule has 2 aromatic rings. The summed E-state index contributed by atoms with van der Waals surface area (Å²) in [6.07, 6.45) is 8.43. The maximum Gasteiger partial charge on any atom is 0.320 e. The number of urea groups is 2. The molecule has 18 N–H and O–H groups in total. The molecule has 0 spiro atoms. The summed E-state index contributed by atoms with van der Waals surface area (Å²) in [4.78, 5) is 111. The first-order valence-electron chi connectivity index (χ1n) is 29.1. The van der Waals surface area contributed by atoms with E-state index >= 15 is 0 Å². The monoisotopic (exact) mass is 1290 g/mol. The number of aliphatic carboxylic acids is 2. The molecule has 8 amide bonds. The lowest BCUT2D eigenvalue weighted by molar-refractivity contribution is -0.139. The van der Waals surface area contributed by atoms with Gasteiger partial charge in [0.05, 0.1) is 88.8 Å². The number of nitrogens with two attached hydrogens (primary N) is 3. The Bertz CT molecular complexity index is 2600. The van der Waals surface area contributed by atoms with E-state index in [1.807, 2.05) is 23.5 Å². The number of phenols is 2. The highest BCUT2D eigenvalue weighted by Crippen LogP contribution is 2.34. The van der Waals surface area contributed by atoms with Crippen molar-refractivity contribution in [3.8, 4) is 11.5 Å². The van der Waals surface area contributed by atoms with E-state index in [4.69, 9.17) is 51.4 Å². The molecule has 0 bridgehead atoms. The van der Waals surface area contributed by atoms with Crippen LogP contribution in [0.5, 0.6) is 11.5 Å². The van der Waals surface area contributed by atoms with E-state index in [1.165, 1.54) is 36.5 Å². The SMILES string of the molecule is NOCC(=O)NCCOCCOCCNC(=O)CCCCC1SC[C@@H]2NC(=O)N[C@H]12.N[C@@H](Cc1ccc(O)c(/C=N/OCC(=O)NCCOCCOCCNC(=O)CCCCC2SC[C@@H]3NC(=O)N[C@H]23)c1)C(=O)O.N[C@@H](Cc1ccc(O)c(C=O)c1)C(=O)O. The van der Waals surface area contributed by atoms with Crippen molar-refractivity contribution >= 4 is 83.7 Å². The summed E-state index contributed by atoms with van der Waals surface area (Å²) in [5, 5.41) is 63.8. The Morgan fingerprint density at radius 3 is 1.40 bits per heavy atom. The molecule has 0 aromatic heterocycles. The van der Waals surface area contributed by atoms with Crippen LogP contribution in [0.3, 0.4) is 0 Å². The van der Waals surface area contributed by atoms with Gasteiger partial charge in [-0.2, -0.15) is 23.5 Å². The third-order valence-corrected chi connectivity index (χ3v) is 16.7. The Morgan fingerprint density at radius 2 is 0.989 bits per heavy atom. The maximum atomic E-state index is 12.0. The first kappa shape index (κ1) is 74.4. The van der Waals surface area contributed by atoms with Gasteiger partial charge in [0.15, 0.2) is 12.9 Å². The van der Waals surface area contributed by atoms with Gasteiger partial charge in [0.1, 0.15) is 30.2 Å². The Hall–Kier alpha value is -7.08. The van der Waals surface area contributed by atoms with Crippen molar-refractivity contribution in [2.75, 3.05) is 104 Å². The van der Waals surface area contributed by atoms with Gasteiger partial charge in [-0.25, -0.2) is 15.5 Å². The number of aldehydes is 1. The molecule has 496 valence electrons. The van der Waals surface area contributed by atoms with Crippen LogP contribution in [0, 0.1) is 0 Å². The standard InChI is InChI=1S/C28H42N6O9S.C18H33N5O6S.C10H11NO4/c29-20(27(38)39)14-18-5-6-22(35)19(13-18)15-32-43-16-25(37)31-8-10-42-12-11-41-9-7-30-24(36)4-2-1-3-23-26-21(17-44-23)33-28(40)34-26;19-29-11-16(25)21-6-8-28-10-9-27-7-5-20-15(24)4-2-1-3-14-17-13(12-30-14)22-18(26)23-17;11-8(10(14)15)4-6-1-2-9(13)7(3-6)5-12/h5-6,13,15,20-21,23,26,35H,1-4,7-12,14,16-17,29H2,(H,30,36)(H,31,37)(H,38,39)(H2,33,34,40);13-14,17H,1-12,19H2,(H,20,24)(H,21,25)(H2,22,23,26);1-3,5,8,13H,4,11H2,(H,14,15)/b32-15+;;/t20-,21-,23?,26-;13-,14?,17-;8-/m000/s1. The quantitative estimate of drug-likeness (QED) is 0.0121. The second-order valence-corrected chi connectivity index (χ2v) is 23.1. The fraction of sp³-hybridized carbons (Fsp3) is 0.607. The molecule has 0 radical (unpaired) electrons. The number of nitrogens with zero attached hydrogens (tertiary/aromatic N) is 1. The van der Waals surface area contributed by atoms with E-state index in [9.17, 15) is 53.4 Å². The van der Waals surface area contributed by atoms with Crippen molar-refractivity contribution in [2.24, 2.45) is 22.5 Å². The molecule has 4 fully saturated rings. The van der Waals surface area contributed by atoms with Gasteiger partial charge >= 0.3 is 24.0 Å². The number of amides is 8. The Morgan fingerprint density at radius 1 is 0.584 bits per heavy atom. The molecule has 8 atom stereocenters. The normalized spacial score (nSPS) is 19.3. The van der Waals surface area contributed by atoms with Gasteiger partial charge < -0.3 is 98.2 Å². The minimum absolute atomic E-state index is 0.00594. The lowest BCUT2D eigenvalue weighted by Crippen LogP contribution is -2.36. The van der Waals surface area contributed by atoms with Crippen molar-refractivity contribution in [3.63, 3.8) is 0 Å². The second-order valence-electron chi connectivity index (χ2n) is 20.6. The minimum Gasteiger partial charge on any atom is -0.507 e. The number of phenolic OH excluding ortho intramolecular Hbond substituents is 2. The predicted molar refractivity (Wildman–Crippen MR) is 327 cm³/mol. The van der Waals surface area contributed by atoms with E-state index in [2.05, 4.69) is 52.5 Å². The summed E-state index contributed by atoms with van der Waals surface area (Å²) in [6.45, 7) is 3.98. The Kier molecular flexibility index (Phi) is 35.8. The molecule has 89 heavy (non-hydrogen) atoms. The van der Waals surface area contributed by atoms with E-state index in [-0.39, 0.29) is 110 Å². The molecule has 0 aliphatic carbocycles. The molecule has 6 rings (SSSR count). The minimum atomic E-state index is -1.13. The number of carboxylic acids is 2. The highest BCUT2D eigenvalue weighted by Gasteiger charge is 2.43. The lowest BCUT2D eigenvalue weighted by Gasteiger charge is -2.16. The molecule has 33 heteroatoms. The van der Waals surface area contributed by atoms with Crippen LogP contribution in [0.4, 0.5) is 9.59 Å². The van der Waals surface area contributed by atoms with Gasteiger partial charge in [-0.1, -0.05) is 30.1 Å². The van der Waals surface area contributed by atoms with Crippen LogP contribution >= 0.6 is 23.5 Å². The molecule has 2 aromatic carbocycles. The number of hydrogen-bond donors (Lipinski definition) is 15. The number of fused-ring (bicyclic) bond motifs is 2. The number of thioether (sulfide) groups is 2. The van der Waals surface area contributed by atoms with Crippen LogP contribution in [-0.2, 0) is 70.2 Å². The smallest absolute Gasteiger partial charge is 0.320 e. The molecular formula is C56H86N12O19S2. The fourth-order valence-electron chi connectivity index (χ4n) is 9.13. The van der Waals surface area contributed by atoms with Crippen molar-refractivity contribution in [3.05, 3.63) is 58.7 Å². The van der Waals surface area contributed by atoms with Gasteiger partial charge in [-0.05, 0) is 73.9 Å². The maximum absolute atomic E-state index is 12.0. The number of hydrogen-bond acceptors (Lipinski definition) is 23. The molecular weight excluding hydrogens is 1210 g/mol. The van der Waals surface area contributed by atoms with E-state index < -0.39 is 29.9 Å². The molecule has 0 saturated carbocycles. The van der Waals surface area contributed by atoms with Crippen molar-refractivity contribution in [1.82, 2.24) is 42.5 Å². The van der Waals surface area contributed by atoms with Crippen LogP contribution < -0.4 is 59.9 Å². The number of carboxylic acid groups (broad SMARTS) is 2. The third-order valence-electron chi connectivity index (χ3n) is 13.7. The molecule has 31 nitrogen and oxygen atoms in total. The van der Waals surface area contributed by atoms with E-state index in [0.717, 1.165) is 50.0 Å². The number of ether oxygens (including phenoxy) is 4. The van der Waals surface area contributed by atoms with Crippen LogP contribution in [0.2, 0.25) is 0 Å². The number of nitrogens with one attached hydrogen (secondary N) is 8. The second kappa shape index (κ2) is 42.8. The van der Waals surface area contributed by atoms with Crippen molar-refractivity contribution in [2.45, 2.75) is 111 Å². The lowest BCUT2D eigenvalue weighted by atomic mass is 10.0. The number of carbonyl (C=O) groups excluding carboxylic acids is 7. The van der Waals surface area contributed by atoms with Gasteiger partial charge in [0.25, 0.3) is 5.91 Å². The number of benzene rings is 2. The van der Waals surface area contributed by atoms with E-state index in [1.54, 1.807) is 6.07 Å². The third kappa shape index (κ3) is 30.3. The zero-order valence-corrected chi connectivity index (χ0v) is 51.2. The number of carbonyl (C=O) groups is 9. The summed E-state index contributed by atoms with van der Waals surface area (Å²) in [6, 6.07) is 7.46. The first-order valence-corrected chi connectivity index (χ1v) is 31.2. The molecule has 4 aliphatic rings. The van der Waals surface area contributed by atoms with Crippen molar-refractivity contribution < 1.29 is 92.2 Å². The average Bonchev–Trinajstić information content (AvgIpc) is 2.81. The van der Waals surface area contributed by atoms with Gasteiger partial charge in [0, 0.05) is 66.6 Å².